The largest absolute Gasteiger partial charge is 0.309 e. The van der Waals surface area contributed by atoms with Crippen LogP contribution in [-0.4, -0.2) is 14.5 Å². The van der Waals surface area contributed by atoms with E-state index < -0.39 is 0 Å². The van der Waals surface area contributed by atoms with Crippen molar-refractivity contribution in [3.8, 4) is 50.7 Å². The van der Waals surface area contributed by atoms with Crippen molar-refractivity contribution in [1.29, 1.82) is 0 Å². The van der Waals surface area contributed by atoms with E-state index in [2.05, 4.69) is 186 Å². The van der Waals surface area contributed by atoms with E-state index in [1.807, 2.05) is 12.1 Å². The first-order valence-electron chi connectivity index (χ1n) is 18.3. The summed E-state index contributed by atoms with van der Waals surface area (Å²) in [6.45, 7) is 14.6. The Kier molecular flexibility index (Phi) is 7.18. The van der Waals surface area contributed by atoms with Crippen molar-refractivity contribution in [2.24, 2.45) is 5.41 Å². The van der Waals surface area contributed by atoms with Gasteiger partial charge in [-0.15, -0.1) is 0 Å². The highest BCUT2D eigenvalue weighted by Gasteiger charge is 2.57. The Labute approximate surface area is 306 Å². The van der Waals surface area contributed by atoms with Gasteiger partial charge in [-0.2, -0.15) is 0 Å². The first-order valence-corrected chi connectivity index (χ1v) is 18.3. The third-order valence-corrected chi connectivity index (χ3v) is 12.7. The number of fused-ring (bicyclic) bond motifs is 4. The average Bonchev–Trinajstić information content (AvgIpc) is 3.55. The molecule has 0 atom stereocenters. The van der Waals surface area contributed by atoms with E-state index in [4.69, 9.17) is 9.97 Å². The van der Waals surface area contributed by atoms with Gasteiger partial charge in [-0.3, -0.25) is 0 Å². The Morgan fingerprint density at radius 3 is 1.52 bits per heavy atom. The van der Waals surface area contributed by atoms with Crippen LogP contribution in [0.3, 0.4) is 0 Å². The zero-order valence-corrected chi connectivity index (χ0v) is 30.8. The molecule has 0 amide bonds. The quantitative estimate of drug-likeness (QED) is 0.182. The molecule has 0 radical (unpaired) electrons. The van der Waals surface area contributed by atoms with Gasteiger partial charge in [0.05, 0.1) is 22.4 Å². The van der Waals surface area contributed by atoms with Crippen LogP contribution < -0.4 is 0 Å². The van der Waals surface area contributed by atoms with Gasteiger partial charge in [0.2, 0.25) is 0 Å². The van der Waals surface area contributed by atoms with Gasteiger partial charge < -0.3 is 4.57 Å². The fourth-order valence-electron chi connectivity index (χ4n) is 8.52. The van der Waals surface area contributed by atoms with E-state index in [-0.39, 0.29) is 16.2 Å². The van der Waals surface area contributed by atoms with Crippen LogP contribution in [0, 0.1) is 5.41 Å². The SMILES string of the molecule is CC1(C)c2cc3c4cc(-c5nc(-c6ccccc6)cc(-c6ccccc6)n5)ccc4n(-c4cccc(-c5ccccc5)c4)c3cc2C(C)(C)C1(C)C. The molecule has 0 spiro atoms. The number of nitrogens with zero attached hydrogens (tertiary/aromatic N) is 3. The van der Waals surface area contributed by atoms with E-state index in [1.54, 1.807) is 0 Å². The fourth-order valence-corrected chi connectivity index (χ4v) is 8.52. The maximum Gasteiger partial charge on any atom is 0.160 e. The third-order valence-electron chi connectivity index (χ3n) is 12.7. The smallest absolute Gasteiger partial charge is 0.160 e. The number of rotatable bonds is 5. The van der Waals surface area contributed by atoms with Crippen LogP contribution in [0.2, 0.25) is 0 Å². The molecule has 2 aromatic heterocycles. The van der Waals surface area contributed by atoms with Gasteiger partial charge in [-0.25, -0.2) is 9.97 Å². The fraction of sp³-hybridized carbons (Fsp3) is 0.184. The monoisotopic (exact) mass is 673 g/mol. The Hall–Kier alpha value is -5.80. The van der Waals surface area contributed by atoms with Crippen LogP contribution in [0.5, 0.6) is 0 Å². The molecule has 9 rings (SSSR count). The molecule has 0 saturated carbocycles. The molecule has 0 bridgehead atoms. The molecule has 8 aromatic rings. The van der Waals surface area contributed by atoms with E-state index in [9.17, 15) is 0 Å². The maximum atomic E-state index is 5.20. The lowest BCUT2D eigenvalue weighted by atomic mass is 9.59. The lowest BCUT2D eigenvalue weighted by molar-refractivity contribution is 0.125. The number of hydrogen-bond acceptors (Lipinski definition) is 2. The predicted octanol–water partition coefficient (Wildman–Crippen LogP) is 12.8. The number of benzene rings is 6. The molecule has 254 valence electrons. The second-order valence-corrected chi connectivity index (χ2v) is 16.0. The average molecular weight is 674 g/mol. The Morgan fingerprint density at radius 2 is 0.923 bits per heavy atom. The Morgan fingerprint density at radius 1 is 0.404 bits per heavy atom. The minimum atomic E-state index is -0.0169. The van der Waals surface area contributed by atoms with Crippen LogP contribution in [0.25, 0.3) is 72.5 Å². The van der Waals surface area contributed by atoms with Crippen molar-refractivity contribution in [3.05, 3.63) is 163 Å². The maximum absolute atomic E-state index is 5.20. The van der Waals surface area contributed by atoms with Crippen molar-refractivity contribution in [2.45, 2.75) is 52.4 Å². The zero-order valence-electron chi connectivity index (χ0n) is 30.8. The van der Waals surface area contributed by atoms with Gasteiger partial charge in [0, 0.05) is 33.2 Å². The topological polar surface area (TPSA) is 30.7 Å². The van der Waals surface area contributed by atoms with E-state index in [0.29, 0.717) is 0 Å². The summed E-state index contributed by atoms with van der Waals surface area (Å²) in [6.07, 6.45) is 0. The summed E-state index contributed by atoms with van der Waals surface area (Å²) < 4.78 is 2.46. The van der Waals surface area contributed by atoms with Crippen LogP contribution in [0.4, 0.5) is 0 Å². The second-order valence-electron chi connectivity index (χ2n) is 16.0. The molecule has 1 aliphatic rings. The first-order chi connectivity index (χ1) is 25.0. The summed E-state index contributed by atoms with van der Waals surface area (Å²) >= 11 is 0. The predicted molar refractivity (Wildman–Crippen MR) is 218 cm³/mol. The molecule has 2 heterocycles. The molecule has 0 fully saturated rings. The lowest BCUT2D eigenvalue weighted by Gasteiger charge is -2.44. The third kappa shape index (κ3) is 4.79. The van der Waals surface area contributed by atoms with Crippen molar-refractivity contribution < 1.29 is 0 Å². The molecular formula is C49H43N3. The summed E-state index contributed by atoms with van der Waals surface area (Å²) in [5.74, 6) is 0.720. The molecule has 52 heavy (non-hydrogen) atoms. The van der Waals surface area contributed by atoms with Gasteiger partial charge in [0.15, 0.2) is 5.82 Å². The Balaban J connectivity index is 1.32. The lowest BCUT2D eigenvalue weighted by Crippen LogP contribution is -2.42. The molecule has 0 saturated heterocycles. The highest BCUT2D eigenvalue weighted by molar-refractivity contribution is 6.11. The highest BCUT2D eigenvalue weighted by Crippen LogP contribution is 2.62. The summed E-state index contributed by atoms with van der Waals surface area (Å²) in [4.78, 5) is 10.4. The zero-order chi connectivity index (χ0) is 35.8. The van der Waals surface area contributed by atoms with Gasteiger partial charge in [-0.1, -0.05) is 145 Å². The molecule has 1 aliphatic carbocycles. The Bertz CT molecular complexity index is 2570. The summed E-state index contributed by atoms with van der Waals surface area (Å²) in [5.41, 5.74) is 13.8. The second kappa shape index (κ2) is 11.6. The van der Waals surface area contributed by atoms with Crippen molar-refractivity contribution in [1.82, 2.24) is 14.5 Å². The molecule has 6 aromatic carbocycles. The highest BCUT2D eigenvalue weighted by atomic mass is 15.0. The summed E-state index contributed by atoms with van der Waals surface area (Å²) in [5, 5.41) is 2.46. The van der Waals surface area contributed by atoms with E-state index in [0.717, 1.165) is 39.6 Å². The van der Waals surface area contributed by atoms with E-state index >= 15 is 0 Å². The van der Waals surface area contributed by atoms with Crippen molar-refractivity contribution in [3.63, 3.8) is 0 Å². The van der Waals surface area contributed by atoms with Crippen molar-refractivity contribution >= 4 is 21.8 Å². The number of hydrogen-bond donors (Lipinski definition) is 0. The first kappa shape index (κ1) is 32.1. The minimum absolute atomic E-state index is 0.0160. The van der Waals surface area contributed by atoms with Crippen LogP contribution >= 0.6 is 0 Å². The number of aromatic nitrogens is 3. The molecule has 0 aliphatic heterocycles. The van der Waals surface area contributed by atoms with Gasteiger partial charge in [0.25, 0.3) is 0 Å². The van der Waals surface area contributed by atoms with Gasteiger partial charge >= 0.3 is 0 Å². The van der Waals surface area contributed by atoms with Crippen LogP contribution in [0.1, 0.15) is 52.7 Å². The molecular weight excluding hydrogens is 631 g/mol. The molecule has 3 nitrogen and oxygen atoms in total. The van der Waals surface area contributed by atoms with Gasteiger partial charge in [0.1, 0.15) is 0 Å². The van der Waals surface area contributed by atoms with Crippen LogP contribution in [-0.2, 0) is 10.8 Å². The van der Waals surface area contributed by atoms with Gasteiger partial charge in [-0.05, 0) is 87.0 Å². The molecule has 3 heteroatoms. The molecule has 0 unspecified atom stereocenters. The molecule has 0 N–H and O–H groups in total. The minimum Gasteiger partial charge on any atom is -0.309 e. The van der Waals surface area contributed by atoms with E-state index in [1.165, 1.54) is 44.1 Å². The standard InChI is InChI=1S/C49H43N3/c1-47(2)40-29-39-38-28-36(46-50-42(33-19-12-8-13-20-33)31-43(51-46)34-21-14-9-15-22-34)25-26-44(38)52(45(39)30-41(40)48(3,4)49(47,5)6)37-24-16-23-35(27-37)32-17-10-7-11-18-32/h7-31H,1-6H3. The summed E-state index contributed by atoms with van der Waals surface area (Å²) in [7, 11) is 0. The van der Waals surface area contributed by atoms with Crippen LogP contribution in [0.15, 0.2) is 152 Å². The normalized spacial score (nSPS) is 15.6. The van der Waals surface area contributed by atoms with Crippen molar-refractivity contribution in [2.75, 3.05) is 0 Å². The summed E-state index contributed by atoms with van der Waals surface area (Å²) in [6, 6.07) is 54.3.